The third kappa shape index (κ3) is 8.29. The zero-order chi connectivity index (χ0) is 17.5. The van der Waals surface area contributed by atoms with Crippen molar-refractivity contribution in [1.29, 1.82) is 5.41 Å². The van der Waals surface area contributed by atoms with E-state index in [-0.39, 0.29) is 24.2 Å². The number of aliphatic carboxylic acids is 2. The van der Waals surface area contributed by atoms with Gasteiger partial charge in [0.05, 0.1) is 0 Å². The summed E-state index contributed by atoms with van der Waals surface area (Å²) >= 11 is 0. The summed E-state index contributed by atoms with van der Waals surface area (Å²) in [6.45, 7) is 5.20. The van der Waals surface area contributed by atoms with Gasteiger partial charge >= 0.3 is 11.9 Å². The summed E-state index contributed by atoms with van der Waals surface area (Å²) in [5, 5.41) is 25.8. The van der Waals surface area contributed by atoms with E-state index in [9.17, 15) is 24.2 Å². The van der Waals surface area contributed by atoms with E-state index in [0.717, 1.165) is 0 Å². The Balaban J connectivity index is 4.80. The highest BCUT2D eigenvalue weighted by Gasteiger charge is 2.34. The number of carboxylic acid groups (broad SMARTS) is 2. The van der Waals surface area contributed by atoms with Crippen LogP contribution >= 0.6 is 7.37 Å². The first-order valence-electron chi connectivity index (χ1n) is 7.30. The minimum Gasteiger partial charge on any atom is -0.481 e. The third-order valence-corrected chi connectivity index (χ3v) is 5.59. The number of rotatable bonds is 11. The maximum Gasteiger partial charge on any atom is 0.312 e. The van der Waals surface area contributed by atoms with Crippen molar-refractivity contribution in [3.05, 3.63) is 0 Å². The van der Waals surface area contributed by atoms with E-state index in [1.807, 2.05) is 0 Å². The number of hydrogen-bond donors (Lipinski definition) is 4. The lowest BCUT2D eigenvalue weighted by atomic mass is 9.90. The molecule has 0 fully saturated rings. The van der Waals surface area contributed by atoms with Crippen molar-refractivity contribution < 1.29 is 29.3 Å². The molecule has 8 heteroatoms. The van der Waals surface area contributed by atoms with Gasteiger partial charge in [-0.15, -0.1) is 0 Å². The van der Waals surface area contributed by atoms with Gasteiger partial charge in [0.25, 0.3) is 0 Å². The predicted octanol–water partition coefficient (Wildman–Crippen LogP) is 2.52. The van der Waals surface area contributed by atoms with Crippen molar-refractivity contribution in [3.63, 3.8) is 0 Å². The first kappa shape index (κ1) is 20.8. The van der Waals surface area contributed by atoms with Gasteiger partial charge in [-0.25, -0.2) is 0 Å². The van der Waals surface area contributed by atoms with E-state index < -0.39 is 37.3 Å². The van der Waals surface area contributed by atoms with Crippen LogP contribution in [-0.4, -0.2) is 45.1 Å². The van der Waals surface area contributed by atoms with E-state index in [1.165, 1.54) is 0 Å². The molecule has 3 unspecified atom stereocenters. The molecule has 0 saturated carbocycles. The van der Waals surface area contributed by atoms with Crippen LogP contribution in [0.1, 0.15) is 40.0 Å². The van der Waals surface area contributed by atoms with Crippen LogP contribution in [0.5, 0.6) is 0 Å². The van der Waals surface area contributed by atoms with Gasteiger partial charge < -0.3 is 20.5 Å². The molecule has 0 radical (unpaired) electrons. The summed E-state index contributed by atoms with van der Waals surface area (Å²) < 4.78 is 12.1. The number of carbonyl (C=O) groups is 2. The van der Waals surface area contributed by atoms with E-state index >= 15 is 0 Å². The Kier molecular flexibility index (Phi) is 8.56. The zero-order valence-corrected chi connectivity index (χ0v) is 14.2. The molecule has 0 aromatic rings. The molecule has 0 aliphatic rings. The molecule has 0 aliphatic heterocycles. The van der Waals surface area contributed by atoms with Gasteiger partial charge in [-0.05, 0) is 24.7 Å². The highest BCUT2D eigenvalue weighted by atomic mass is 31.2. The van der Waals surface area contributed by atoms with Crippen LogP contribution in [0, 0.1) is 23.2 Å². The maximum absolute atomic E-state index is 12.1. The lowest BCUT2D eigenvalue weighted by Crippen LogP contribution is -2.31. The highest BCUT2D eigenvalue weighted by Crippen LogP contribution is 2.45. The van der Waals surface area contributed by atoms with E-state index in [4.69, 9.17) is 10.5 Å². The Bertz CT molecular complexity index is 462. The van der Waals surface area contributed by atoms with Crippen molar-refractivity contribution in [2.24, 2.45) is 17.8 Å². The SMILES string of the molecule is CC(C)CP(=O)(O)CC(C(=N)C(C)CCCC(=O)O)C(=O)O. The summed E-state index contributed by atoms with van der Waals surface area (Å²) in [5.41, 5.74) is -0.115. The molecular formula is C14H26NO6P. The van der Waals surface area contributed by atoms with Gasteiger partial charge in [0, 0.05) is 24.5 Å². The van der Waals surface area contributed by atoms with Gasteiger partial charge in [0.15, 0.2) is 0 Å². The number of nitrogens with one attached hydrogen (secondary N) is 1. The average Bonchev–Trinajstić information content (AvgIpc) is 2.32. The van der Waals surface area contributed by atoms with Crippen LogP contribution in [-0.2, 0) is 14.2 Å². The monoisotopic (exact) mass is 335 g/mol. The van der Waals surface area contributed by atoms with Crippen molar-refractivity contribution in [2.45, 2.75) is 40.0 Å². The van der Waals surface area contributed by atoms with Gasteiger partial charge in [-0.2, -0.15) is 0 Å². The highest BCUT2D eigenvalue weighted by molar-refractivity contribution is 7.58. The lowest BCUT2D eigenvalue weighted by Gasteiger charge is -2.22. The summed E-state index contributed by atoms with van der Waals surface area (Å²) in [6, 6.07) is 0. The first-order chi connectivity index (χ1) is 9.96. The molecular weight excluding hydrogens is 309 g/mol. The van der Waals surface area contributed by atoms with Gasteiger partial charge in [-0.3, -0.25) is 14.2 Å². The molecule has 0 saturated heterocycles. The molecule has 0 heterocycles. The van der Waals surface area contributed by atoms with E-state index in [0.29, 0.717) is 12.8 Å². The smallest absolute Gasteiger partial charge is 0.312 e. The average molecular weight is 335 g/mol. The molecule has 0 aliphatic carbocycles. The first-order valence-corrected chi connectivity index (χ1v) is 9.33. The Morgan fingerprint density at radius 2 is 1.68 bits per heavy atom. The van der Waals surface area contributed by atoms with Crippen molar-refractivity contribution in [2.75, 3.05) is 12.3 Å². The molecule has 0 aromatic carbocycles. The van der Waals surface area contributed by atoms with Crippen LogP contribution in [0.2, 0.25) is 0 Å². The van der Waals surface area contributed by atoms with Crippen LogP contribution in [0.25, 0.3) is 0 Å². The topological polar surface area (TPSA) is 136 Å². The van der Waals surface area contributed by atoms with Crippen molar-refractivity contribution in [3.8, 4) is 0 Å². The molecule has 128 valence electrons. The third-order valence-electron chi connectivity index (χ3n) is 3.35. The largest absolute Gasteiger partial charge is 0.481 e. The second-order valence-corrected chi connectivity index (χ2v) is 8.56. The minimum absolute atomic E-state index is 0.0253. The lowest BCUT2D eigenvalue weighted by molar-refractivity contribution is -0.139. The molecule has 4 N–H and O–H groups in total. The van der Waals surface area contributed by atoms with Gasteiger partial charge in [0.1, 0.15) is 5.92 Å². The van der Waals surface area contributed by atoms with Crippen LogP contribution in [0.15, 0.2) is 0 Å². The van der Waals surface area contributed by atoms with Crippen molar-refractivity contribution in [1.82, 2.24) is 0 Å². The van der Waals surface area contributed by atoms with Gasteiger partial charge in [-0.1, -0.05) is 20.8 Å². The molecule has 7 nitrogen and oxygen atoms in total. The summed E-state index contributed by atoms with van der Waals surface area (Å²) in [7, 11) is -3.61. The molecule has 0 spiro atoms. The Labute approximate surface area is 130 Å². The van der Waals surface area contributed by atoms with E-state index in [1.54, 1.807) is 20.8 Å². The predicted molar refractivity (Wildman–Crippen MR) is 83.9 cm³/mol. The van der Waals surface area contributed by atoms with E-state index in [2.05, 4.69) is 0 Å². The fourth-order valence-corrected chi connectivity index (χ4v) is 4.51. The van der Waals surface area contributed by atoms with Crippen LogP contribution in [0.4, 0.5) is 0 Å². The molecule has 0 rings (SSSR count). The minimum atomic E-state index is -3.61. The molecule has 22 heavy (non-hydrogen) atoms. The van der Waals surface area contributed by atoms with Crippen LogP contribution in [0.3, 0.4) is 0 Å². The fourth-order valence-electron chi connectivity index (χ4n) is 2.30. The second-order valence-electron chi connectivity index (χ2n) is 6.14. The zero-order valence-electron chi connectivity index (χ0n) is 13.3. The van der Waals surface area contributed by atoms with Crippen molar-refractivity contribution >= 4 is 25.0 Å². The number of carboxylic acids is 2. The summed E-state index contributed by atoms with van der Waals surface area (Å²) in [6.07, 6.45) is 0.254. The Morgan fingerprint density at radius 3 is 2.09 bits per heavy atom. The molecule has 0 bridgehead atoms. The summed E-state index contributed by atoms with van der Waals surface area (Å²) in [5.74, 6) is -3.99. The van der Waals surface area contributed by atoms with Crippen LogP contribution < -0.4 is 0 Å². The van der Waals surface area contributed by atoms with Gasteiger partial charge in [0.2, 0.25) is 7.37 Å². The second kappa shape index (κ2) is 9.06. The number of hydrogen-bond acceptors (Lipinski definition) is 4. The molecule has 0 aromatic heterocycles. The normalized spacial score (nSPS) is 16.8. The standard InChI is InChI=1S/C14H26NO6P/c1-9(2)7-22(20,21)8-11(14(18)19)13(15)10(3)5-4-6-12(16)17/h9-11,15H,4-8H2,1-3H3,(H,16,17)(H,18,19)(H,20,21). The Morgan fingerprint density at radius 1 is 1.14 bits per heavy atom. The summed E-state index contributed by atoms with van der Waals surface area (Å²) in [4.78, 5) is 31.7. The molecule has 0 amide bonds. The molecule has 3 atom stereocenters. The fraction of sp³-hybridized carbons (Fsp3) is 0.786. The maximum atomic E-state index is 12.1. The Hall–Kier alpha value is -1.20. The quantitative estimate of drug-likeness (QED) is 0.338.